The standard InChI is InChI=1S/C9H13O5PS/c1-16(13,14)7-9-5-3-2-4-8(9)6-15(10,11)12/h2-5H,6-7H2,1H3,(H2,10,11,12). The monoisotopic (exact) mass is 264 g/mol. The maximum atomic E-state index is 11.1. The predicted octanol–water partition coefficient (Wildman–Crippen LogP) is 0.909. The highest BCUT2D eigenvalue weighted by atomic mass is 32.2. The first kappa shape index (κ1) is 13.4. The highest BCUT2D eigenvalue weighted by Crippen LogP contribution is 2.40. The van der Waals surface area contributed by atoms with Gasteiger partial charge in [-0.25, -0.2) is 8.42 Å². The zero-order valence-electron chi connectivity index (χ0n) is 8.70. The van der Waals surface area contributed by atoms with Gasteiger partial charge < -0.3 is 9.79 Å². The summed E-state index contributed by atoms with van der Waals surface area (Å²) >= 11 is 0. The summed E-state index contributed by atoms with van der Waals surface area (Å²) in [7, 11) is -7.38. The summed E-state index contributed by atoms with van der Waals surface area (Å²) in [4.78, 5) is 17.7. The number of benzene rings is 1. The molecule has 90 valence electrons. The van der Waals surface area contributed by atoms with Crippen molar-refractivity contribution in [2.75, 3.05) is 6.26 Å². The molecule has 0 atom stereocenters. The minimum absolute atomic E-state index is 0.205. The second-order valence-corrected chi connectivity index (χ2v) is 7.45. The van der Waals surface area contributed by atoms with E-state index in [1.807, 2.05) is 0 Å². The van der Waals surface area contributed by atoms with E-state index in [2.05, 4.69) is 0 Å². The molecular formula is C9H13O5PS. The molecule has 1 aromatic rings. The Hall–Kier alpha value is -0.680. The van der Waals surface area contributed by atoms with Gasteiger partial charge in [-0.1, -0.05) is 24.3 Å². The van der Waals surface area contributed by atoms with E-state index in [1.165, 1.54) is 6.07 Å². The van der Waals surface area contributed by atoms with Crippen molar-refractivity contribution in [1.29, 1.82) is 0 Å². The minimum atomic E-state index is -4.17. The average Bonchev–Trinajstić information content (AvgIpc) is 2.03. The molecule has 0 bridgehead atoms. The number of rotatable bonds is 4. The van der Waals surface area contributed by atoms with E-state index in [9.17, 15) is 13.0 Å². The molecule has 0 aliphatic carbocycles. The summed E-state index contributed by atoms with van der Waals surface area (Å²) in [5.74, 6) is -0.205. The Morgan fingerprint density at radius 1 is 1.19 bits per heavy atom. The molecule has 16 heavy (non-hydrogen) atoms. The molecule has 1 aromatic carbocycles. The summed E-state index contributed by atoms with van der Waals surface area (Å²) in [6.45, 7) is 0. The summed E-state index contributed by atoms with van der Waals surface area (Å²) in [5.41, 5.74) is 0.814. The van der Waals surface area contributed by atoms with Crippen LogP contribution in [0.2, 0.25) is 0 Å². The molecule has 1 rings (SSSR count). The van der Waals surface area contributed by atoms with Crippen molar-refractivity contribution in [2.45, 2.75) is 11.9 Å². The van der Waals surface area contributed by atoms with E-state index in [4.69, 9.17) is 9.79 Å². The molecule has 7 heteroatoms. The second kappa shape index (κ2) is 4.67. The molecule has 5 nitrogen and oxygen atoms in total. The van der Waals surface area contributed by atoms with Crippen molar-refractivity contribution >= 4 is 17.4 Å². The third-order valence-corrected chi connectivity index (χ3v) is 3.50. The average molecular weight is 264 g/mol. The van der Waals surface area contributed by atoms with Gasteiger partial charge in [0.05, 0.1) is 11.9 Å². The lowest BCUT2D eigenvalue weighted by Crippen LogP contribution is -2.04. The lowest BCUT2D eigenvalue weighted by Gasteiger charge is -2.09. The lowest BCUT2D eigenvalue weighted by atomic mass is 10.1. The minimum Gasteiger partial charge on any atom is -0.324 e. The summed E-state index contributed by atoms with van der Waals surface area (Å²) in [5, 5.41) is 0. The highest BCUT2D eigenvalue weighted by Gasteiger charge is 2.17. The van der Waals surface area contributed by atoms with Crippen LogP contribution in [0.4, 0.5) is 0 Å². The third-order valence-electron chi connectivity index (χ3n) is 1.91. The van der Waals surface area contributed by atoms with Crippen LogP contribution < -0.4 is 0 Å². The zero-order valence-corrected chi connectivity index (χ0v) is 10.4. The van der Waals surface area contributed by atoms with E-state index >= 15 is 0 Å². The first-order valence-electron chi connectivity index (χ1n) is 4.46. The van der Waals surface area contributed by atoms with Gasteiger partial charge in [-0.15, -0.1) is 0 Å². The molecule has 0 amide bonds. The first-order valence-corrected chi connectivity index (χ1v) is 8.32. The van der Waals surface area contributed by atoms with Crippen molar-refractivity contribution in [3.8, 4) is 0 Å². The molecule has 0 radical (unpaired) electrons. The molecule has 0 unspecified atom stereocenters. The van der Waals surface area contributed by atoms with Crippen LogP contribution in [0.3, 0.4) is 0 Å². The van der Waals surface area contributed by atoms with Crippen LogP contribution in [0.25, 0.3) is 0 Å². The predicted molar refractivity (Wildman–Crippen MR) is 60.7 cm³/mol. The normalized spacial score (nSPS) is 12.7. The van der Waals surface area contributed by atoms with Crippen LogP contribution in [0.1, 0.15) is 11.1 Å². The number of sulfone groups is 1. The lowest BCUT2D eigenvalue weighted by molar-refractivity contribution is 0.371. The van der Waals surface area contributed by atoms with Crippen LogP contribution in [-0.4, -0.2) is 24.5 Å². The molecule has 0 saturated carbocycles. The Morgan fingerprint density at radius 2 is 1.69 bits per heavy atom. The van der Waals surface area contributed by atoms with Gasteiger partial charge in [0.25, 0.3) is 0 Å². The highest BCUT2D eigenvalue weighted by molar-refractivity contribution is 7.89. The second-order valence-electron chi connectivity index (χ2n) is 3.66. The van der Waals surface area contributed by atoms with Gasteiger partial charge in [-0.05, 0) is 11.1 Å². The van der Waals surface area contributed by atoms with Crippen molar-refractivity contribution in [3.63, 3.8) is 0 Å². The van der Waals surface area contributed by atoms with Gasteiger partial charge in [0.15, 0.2) is 9.84 Å². The van der Waals surface area contributed by atoms with Gasteiger partial charge in [0.1, 0.15) is 0 Å². The van der Waals surface area contributed by atoms with E-state index in [0.29, 0.717) is 11.1 Å². The molecule has 0 aromatic heterocycles. The summed E-state index contributed by atoms with van der Waals surface area (Å²) in [6.07, 6.45) is 0.653. The molecule has 0 saturated heterocycles. The first-order chi connectivity index (χ1) is 7.17. The van der Waals surface area contributed by atoms with Crippen LogP contribution in [0, 0.1) is 0 Å². The van der Waals surface area contributed by atoms with Crippen LogP contribution in [-0.2, 0) is 26.3 Å². The Bertz CT molecular complexity index is 516. The SMILES string of the molecule is CS(=O)(=O)Cc1ccccc1CP(=O)(O)O. The molecule has 0 spiro atoms. The fourth-order valence-corrected chi connectivity index (χ4v) is 2.96. The molecule has 2 N–H and O–H groups in total. The van der Waals surface area contributed by atoms with E-state index < -0.39 is 23.6 Å². The largest absolute Gasteiger partial charge is 0.329 e. The smallest absolute Gasteiger partial charge is 0.324 e. The summed E-state index contributed by atoms with van der Waals surface area (Å²) < 4.78 is 33.1. The van der Waals surface area contributed by atoms with Crippen molar-refractivity contribution in [3.05, 3.63) is 35.4 Å². The van der Waals surface area contributed by atoms with Crippen LogP contribution >= 0.6 is 7.60 Å². The number of hydrogen-bond donors (Lipinski definition) is 2. The van der Waals surface area contributed by atoms with Gasteiger partial charge in [-0.2, -0.15) is 0 Å². The van der Waals surface area contributed by atoms with Crippen molar-refractivity contribution < 1.29 is 22.8 Å². The van der Waals surface area contributed by atoms with Crippen LogP contribution in [0.5, 0.6) is 0 Å². The Balaban J connectivity index is 3.06. The Morgan fingerprint density at radius 3 is 2.12 bits per heavy atom. The fraction of sp³-hybridized carbons (Fsp3) is 0.333. The molecular weight excluding hydrogens is 251 g/mol. The van der Waals surface area contributed by atoms with Gasteiger partial charge >= 0.3 is 7.60 Å². The van der Waals surface area contributed by atoms with Gasteiger partial charge in [-0.3, -0.25) is 4.57 Å². The zero-order chi connectivity index (χ0) is 12.4. The molecule has 0 fully saturated rings. The molecule has 0 aliphatic rings. The quantitative estimate of drug-likeness (QED) is 0.788. The fourth-order valence-electron chi connectivity index (χ4n) is 1.36. The van der Waals surface area contributed by atoms with Crippen molar-refractivity contribution in [1.82, 2.24) is 0 Å². The van der Waals surface area contributed by atoms with Crippen LogP contribution in [0.15, 0.2) is 24.3 Å². The Kier molecular flexibility index (Phi) is 3.91. The van der Waals surface area contributed by atoms with Gasteiger partial charge in [0.2, 0.25) is 0 Å². The molecule has 0 heterocycles. The topological polar surface area (TPSA) is 91.7 Å². The maximum absolute atomic E-state index is 11.1. The van der Waals surface area contributed by atoms with Crippen molar-refractivity contribution in [2.24, 2.45) is 0 Å². The van der Waals surface area contributed by atoms with E-state index in [1.54, 1.807) is 18.2 Å². The number of hydrogen-bond acceptors (Lipinski definition) is 3. The third kappa shape index (κ3) is 4.90. The summed E-state index contributed by atoms with van der Waals surface area (Å²) in [6, 6.07) is 6.35. The van der Waals surface area contributed by atoms with E-state index in [0.717, 1.165) is 6.26 Å². The molecule has 0 aliphatic heterocycles. The maximum Gasteiger partial charge on any atom is 0.329 e. The van der Waals surface area contributed by atoms with E-state index in [-0.39, 0.29) is 5.75 Å². The van der Waals surface area contributed by atoms with Gasteiger partial charge in [0, 0.05) is 6.26 Å². The Labute approximate surface area is 94.2 Å².